The number of ether oxygens (including phenoxy) is 1. The summed E-state index contributed by atoms with van der Waals surface area (Å²) in [5.41, 5.74) is 2.53. The van der Waals surface area contributed by atoms with Crippen molar-refractivity contribution < 1.29 is 13.9 Å². The van der Waals surface area contributed by atoms with Gasteiger partial charge in [0.15, 0.2) is 0 Å². The molecule has 156 valence electrons. The van der Waals surface area contributed by atoms with Crippen LogP contribution in [0.5, 0.6) is 11.6 Å². The van der Waals surface area contributed by atoms with E-state index in [1.165, 1.54) is 12.1 Å². The highest BCUT2D eigenvalue weighted by Gasteiger charge is 2.23. The van der Waals surface area contributed by atoms with Crippen LogP contribution >= 0.6 is 0 Å². The van der Waals surface area contributed by atoms with Gasteiger partial charge in [0, 0.05) is 25.1 Å². The zero-order valence-electron chi connectivity index (χ0n) is 17.2. The summed E-state index contributed by atoms with van der Waals surface area (Å²) in [7, 11) is 0. The molecule has 1 fully saturated rings. The van der Waals surface area contributed by atoms with Crippen molar-refractivity contribution in [2.75, 3.05) is 13.1 Å². The largest absolute Gasteiger partial charge is 0.439 e. The molecule has 2 heterocycles. The maximum Gasteiger partial charge on any atom is 0.226 e. The van der Waals surface area contributed by atoms with E-state index in [-0.39, 0.29) is 11.7 Å². The maximum atomic E-state index is 13.5. The van der Waals surface area contributed by atoms with Crippen molar-refractivity contribution in [3.8, 4) is 17.3 Å². The van der Waals surface area contributed by atoms with Gasteiger partial charge in [0.1, 0.15) is 11.6 Å². The van der Waals surface area contributed by atoms with Crippen molar-refractivity contribution in [2.45, 2.75) is 39.0 Å². The lowest BCUT2D eigenvalue weighted by molar-refractivity contribution is -0.130. The molecule has 30 heavy (non-hydrogen) atoms. The summed E-state index contributed by atoms with van der Waals surface area (Å²) in [5.74, 6) is 1.15. The first kappa shape index (κ1) is 20.1. The number of hydrogen-bond acceptors (Lipinski definition) is 3. The summed E-state index contributed by atoms with van der Waals surface area (Å²) in [4.78, 5) is 14.6. The molecule has 4 rings (SSSR count). The van der Waals surface area contributed by atoms with Crippen LogP contribution in [0.1, 0.15) is 37.4 Å². The Morgan fingerprint density at radius 1 is 1.07 bits per heavy atom. The summed E-state index contributed by atoms with van der Waals surface area (Å²) in [6, 6.07) is 15.7. The van der Waals surface area contributed by atoms with E-state index < -0.39 is 0 Å². The zero-order valence-corrected chi connectivity index (χ0v) is 17.2. The van der Waals surface area contributed by atoms with E-state index in [4.69, 9.17) is 9.84 Å². The standard InChI is InChI=1S/C24H26FN3O2/c1-2-22-21(14-15-23(29)27-16-6-7-17-27)24(30-20-8-4-3-5-9-20)28(26-22)19-12-10-18(25)11-13-19/h3-5,8-13H,2,6-7,14-17H2,1H3. The third-order valence-electron chi connectivity index (χ3n) is 5.43. The molecule has 1 saturated heterocycles. The Morgan fingerprint density at radius 2 is 1.77 bits per heavy atom. The molecule has 0 bridgehead atoms. The summed E-state index contributed by atoms with van der Waals surface area (Å²) in [6.07, 6.45) is 3.86. The molecule has 1 aliphatic rings. The molecule has 0 atom stereocenters. The van der Waals surface area contributed by atoms with Gasteiger partial charge in [-0.1, -0.05) is 25.1 Å². The molecule has 0 saturated carbocycles. The molecule has 0 spiro atoms. The minimum Gasteiger partial charge on any atom is -0.439 e. The van der Waals surface area contributed by atoms with Crippen molar-refractivity contribution in [3.05, 3.63) is 71.7 Å². The average molecular weight is 407 g/mol. The molecule has 1 amide bonds. The summed E-state index contributed by atoms with van der Waals surface area (Å²) < 4.78 is 21.4. The highest BCUT2D eigenvalue weighted by Crippen LogP contribution is 2.32. The number of para-hydroxylation sites is 1. The quantitative estimate of drug-likeness (QED) is 0.558. The van der Waals surface area contributed by atoms with E-state index in [1.54, 1.807) is 16.8 Å². The normalized spacial score (nSPS) is 13.6. The van der Waals surface area contributed by atoms with Crippen LogP contribution in [0.4, 0.5) is 4.39 Å². The summed E-state index contributed by atoms with van der Waals surface area (Å²) in [6.45, 7) is 3.73. The SMILES string of the molecule is CCc1nn(-c2ccc(F)cc2)c(Oc2ccccc2)c1CCC(=O)N1CCCC1. The fraction of sp³-hybridized carbons (Fsp3) is 0.333. The molecule has 0 aliphatic carbocycles. The number of aromatic nitrogens is 2. The van der Waals surface area contributed by atoms with Gasteiger partial charge in [0.05, 0.1) is 11.4 Å². The first-order valence-corrected chi connectivity index (χ1v) is 10.5. The molecule has 0 radical (unpaired) electrons. The number of nitrogens with zero attached hydrogens (tertiary/aromatic N) is 3. The van der Waals surface area contributed by atoms with Crippen LogP contribution in [0.2, 0.25) is 0 Å². The molecule has 2 aromatic carbocycles. The third kappa shape index (κ3) is 4.37. The lowest BCUT2D eigenvalue weighted by Gasteiger charge is -2.15. The fourth-order valence-corrected chi connectivity index (χ4v) is 3.83. The van der Waals surface area contributed by atoms with Crippen LogP contribution in [-0.4, -0.2) is 33.7 Å². The topological polar surface area (TPSA) is 47.4 Å². The van der Waals surface area contributed by atoms with E-state index >= 15 is 0 Å². The molecule has 3 aromatic rings. The molecular weight excluding hydrogens is 381 g/mol. The summed E-state index contributed by atoms with van der Waals surface area (Å²) >= 11 is 0. The lowest BCUT2D eigenvalue weighted by atomic mass is 10.1. The number of halogens is 1. The van der Waals surface area contributed by atoms with E-state index in [0.717, 1.165) is 37.2 Å². The van der Waals surface area contributed by atoms with Gasteiger partial charge in [-0.3, -0.25) is 4.79 Å². The Hall–Kier alpha value is -3.15. The fourth-order valence-electron chi connectivity index (χ4n) is 3.83. The molecule has 1 aliphatic heterocycles. The van der Waals surface area contributed by atoms with E-state index in [2.05, 4.69) is 0 Å². The van der Waals surface area contributed by atoms with Gasteiger partial charge < -0.3 is 9.64 Å². The first-order chi connectivity index (χ1) is 14.7. The van der Waals surface area contributed by atoms with Gasteiger partial charge in [-0.25, -0.2) is 9.07 Å². The number of carbonyl (C=O) groups excluding carboxylic acids is 1. The van der Waals surface area contributed by atoms with Gasteiger partial charge >= 0.3 is 0 Å². The third-order valence-corrected chi connectivity index (χ3v) is 5.43. The highest BCUT2D eigenvalue weighted by atomic mass is 19.1. The van der Waals surface area contributed by atoms with Gasteiger partial charge in [0.2, 0.25) is 11.8 Å². The van der Waals surface area contributed by atoms with Gasteiger partial charge in [-0.2, -0.15) is 5.10 Å². The van der Waals surface area contributed by atoms with E-state index in [9.17, 15) is 9.18 Å². The molecule has 5 nitrogen and oxygen atoms in total. The highest BCUT2D eigenvalue weighted by molar-refractivity contribution is 5.76. The Labute approximate surface area is 176 Å². The second-order valence-corrected chi connectivity index (χ2v) is 7.48. The van der Waals surface area contributed by atoms with Crippen LogP contribution < -0.4 is 4.74 Å². The van der Waals surface area contributed by atoms with Crippen molar-refractivity contribution in [1.29, 1.82) is 0 Å². The Kier molecular flexibility index (Phi) is 6.12. The Morgan fingerprint density at radius 3 is 2.43 bits per heavy atom. The van der Waals surface area contributed by atoms with Crippen LogP contribution in [-0.2, 0) is 17.6 Å². The van der Waals surface area contributed by atoms with E-state index in [1.807, 2.05) is 42.2 Å². The zero-order chi connectivity index (χ0) is 20.9. The second kappa shape index (κ2) is 9.11. The minimum atomic E-state index is -0.302. The Bertz CT molecular complexity index is 993. The average Bonchev–Trinajstić information content (AvgIpc) is 3.42. The van der Waals surface area contributed by atoms with Crippen molar-refractivity contribution in [3.63, 3.8) is 0 Å². The van der Waals surface area contributed by atoms with Crippen LogP contribution in [0.3, 0.4) is 0 Å². The molecule has 1 aromatic heterocycles. The lowest BCUT2D eigenvalue weighted by Crippen LogP contribution is -2.27. The smallest absolute Gasteiger partial charge is 0.226 e. The number of benzene rings is 2. The number of rotatable bonds is 7. The van der Waals surface area contributed by atoms with Crippen molar-refractivity contribution in [2.24, 2.45) is 0 Å². The predicted molar refractivity (Wildman–Crippen MR) is 114 cm³/mol. The molecule has 6 heteroatoms. The molecule has 0 unspecified atom stereocenters. The summed E-state index contributed by atoms with van der Waals surface area (Å²) in [5, 5.41) is 4.74. The Balaban J connectivity index is 1.69. The van der Waals surface area contributed by atoms with E-state index in [0.29, 0.717) is 36.6 Å². The minimum absolute atomic E-state index is 0.176. The molecule has 0 N–H and O–H groups in total. The number of aryl methyl sites for hydroxylation is 1. The molecular formula is C24H26FN3O2. The predicted octanol–water partition coefficient (Wildman–Crippen LogP) is 4.92. The van der Waals surface area contributed by atoms with Crippen LogP contribution in [0.15, 0.2) is 54.6 Å². The maximum absolute atomic E-state index is 13.5. The van der Waals surface area contributed by atoms with Crippen LogP contribution in [0.25, 0.3) is 5.69 Å². The van der Waals surface area contributed by atoms with Crippen molar-refractivity contribution >= 4 is 5.91 Å². The number of hydrogen-bond donors (Lipinski definition) is 0. The van der Waals surface area contributed by atoms with Crippen molar-refractivity contribution in [1.82, 2.24) is 14.7 Å². The van der Waals surface area contributed by atoms with Gasteiger partial charge in [-0.05, 0) is 62.1 Å². The van der Waals surface area contributed by atoms with Gasteiger partial charge in [-0.15, -0.1) is 0 Å². The van der Waals surface area contributed by atoms with Gasteiger partial charge in [0.25, 0.3) is 0 Å². The number of amides is 1. The number of likely N-dealkylation sites (tertiary alicyclic amines) is 1. The first-order valence-electron chi connectivity index (χ1n) is 10.5. The number of carbonyl (C=O) groups is 1. The monoisotopic (exact) mass is 407 g/mol. The second-order valence-electron chi connectivity index (χ2n) is 7.48. The van der Waals surface area contributed by atoms with Crippen LogP contribution in [0, 0.1) is 5.82 Å².